The van der Waals surface area contributed by atoms with Gasteiger partial charge in [0.2, 0.25) is 11.8 Å². The monoisotopic (exact) mass is 701 g/mol. The number of nitrogens with one attached hydrogen (secondary N) is 1. The van der Waals surface area contributed by atoms with E-state index < -0.39 is 37.1 Å². The Hall–Kier alpha value is -4.28. The normalized spacial score (nSPS) is 15.9. The molecule has 49 heavy (non-hydrogen) atoms. The Kier molecular flexibility index (Phi) is 11.2. The highest BCUT2D eigenvalue weighted by Crippen LogP contribution is 2.36. The van der Waals surface area contributed by atoms with Crippen LogP contribution in [0.5, 0.6) is 17.5 Å². The molecular weight excluding hydrogens is 656 g/mol. The fraction of sp³-hybridized carbons (Fsp3) is 0.515. The maximum atomic E-state index is 13.9. The average molecular weight is 702 g/mol. The summed E-state index contributed by atoms with van der Waals surface area (Å²) in [7, 11) is -0.708. The van der Waals surface area contributed by atoms with E-state index >= 15 is 0 Å². The molecule has 1 aliphatic rings. The molecule has 0 unspecified atom stereocenters. The van der Waals surface area contributed by atoms with Crippen LogP contribution in [0.1, 0.15) is 52.0 Å². The number of carbonyl (C=O) groups is 2. The smallest absolute Gasteiger partial charge is 0.313 e. The van der Waals surface area contributed by atoms with Gasteiger partial charge < -0.3 is 28.7 Å². The van der Waals surface area contributed by atoms with E-state index in [1.807, 2.05) is 18.7 Å². The van der Waals surface area contributed by atoms with E-state index in [1.165, 1.54) is 30.3 Å². The summed E-state index contributed by atoms with van der Waals surface area (Å²) in [4.78, 5) is 56.0. The maximum absolute atomic E-state index is 13.9. The lowest BCUT2D eigenvalue weighted by molar-refractivity contribution is -0.122. The topological polar surface area (TPSA) is 141 Å². The second-order valence-corrected chi connectivity index (χ2v) is 18.9. The first kappa shape index (κ1) is 37.5. The standard InChI is InChI=1S/C33H45F2N7O6Si/c1-21(28(43)39-26-17-37-27(18-36-26)48-25-11-10-22(34)16-23(25)35)41-12-13-42(33(5,6)20-41)30(44)24-19-40(31(45)29(38-24)46-7)14-15-47-49(8,9)32(2,3)4/h10-11,16-19,21H,12-15,20H2,1-9H3,(H,36,39,43)/t21-/m0/s1. The number of hydrogen-bond acceptors (Lipinski definition) is 10. The minimum atomic E-state index is -2.05. The van der Waals surface area contributed by atoms with Gasteiger partial charge in [0.05, 0.1) is 37.7 Å². The molecule has 1 fully saturated rings. The fourth-order valence-electron chi connectivity index (χ4n) is 5.07. The van der Waals surface area contributed by atoms with E-state index in [2.05, 4.69) is 54.1 Å². The lowest BCUT2D eigenvalue weighted by Gasteiger charge is -2.48. The number of nitrogens with zero attached hydrogens (tertiary/aromatic N) is 6. The summed E-state index contributed by atoms with van der Waals surface area (Å²) >= 11 is 0. The van der Waals surface area contributed by atoms with Gasteiger partial charge in [-0.15, -0.1) is 0 Å². The van der Waals surface area contributed by atoms with Crippen LogP contribution in [0.15, 0.2) is 41.6 Å². The Labute approximate surface area is 285 Å². The van der Waals surface area contributed by atoms with Crippen molar-refractivity contribution in [3.05, 3.63) is 64.5 Å². The van der Waals surface area contributed by atoms with Gasteiger partial charge in [-0.2, -0.15) is 0 Å². The number of rotatable bonds is 11. The van der Waals surface area contributed by atoms with Crippen molar-refractivity contribution in [3.63, 3.8) is 0 Å². The highest BCUT2D eigenvalue weighted by Gasteiger charge is 2.41. The van der Waals surface area contributed by atoms with Gasteiger partial charge in [0.15, 0.2) is 25.7 Å². The van der Waals surface area contributed by atoms with Crippen molar-refractivity contribution >= 4 is 25.9 Å². The van der Waals surface area contributed by atoms with Crippen LogP contribution in [-0.4, -0.2) is 94.4 Å². The van der Waals surface area contributed by atoms with Gasteiger partial charge in [-0.3, -0.25) is 19.3 Å². The second-order valence-electron chi connectivity index (χ2n) is 14.1. The zero-order chi connectivity index (χ0) is 36.3. The van der Waals surface area contributed by atoms with Crippen molar-refractivity contribution in [2.24, 2.45) is 0 Å². The van der Waals surface area contributed by atoms with Gasteiger partial charge in [0.25, 0.3) is 11.8 Å². The summed E-state index contributed by atoms with van der Waals surface area (Å²) < 4.78 is 45.3. The number of halogens is 2. The molecule has 4 rings (SSSR count). The lowest BCUT2D eigenvalue weighted by atomic mass is 9.97. The molecule has 3 heterocycles. The van der Waals surface area contributed by atoms with E-state index in [0.717, 1.165) is 12.1 Å². The summed E-state index contributed by atoms with van der Waals surface area (Å²) in [5, 5.41) is 2.72. The van der Waals surface area contributed by atoms with Crippen LogP contribution in [0.25, 0.3) is 0 Å². The zero-order valence-corrected chi connectivity index (χ0v) is 30.5. The van der Waals surface area contributed by atoms with Crippen LogP contribution in [0, 0.1) is 11.6 Å². The Morgan fingerprint density at radius 2 is 1.84 bits per heavy atom. The number of anilines is 1. The molecule has 1 atom stereocenters. The number of carbonyl (C=O) groups excluding carboxylic acids is 2. The highest BCUT2D eigenvalue weighted by atomic mass is 28.4. The predicted molar refractivity (Wildman–Crippen MR) is 181 cm³/mol. The van der Waals surface area contributed by atoms with Crippen molar-refractivity contribution in [2.75, 3.05) is 38.7 Å². The van der Waals surface area contributed by atoms with E-state index in [9.17, 15) is 23.2 Å². The van der Waals surface area contributed by atoms with Crippen LogP contribution in [-0.2, 0) is 15.8 Å². The van der Waals surface area contributed by atoms with Crippen LogP contribution >= 0.6 is 0 Å². The maximum Gasteiger partial charge on any atom is 0.313 e. The molecule has 1 aliphatic heterocycles. The van der Waals surface area contributed by atoms with Gasteiger partial charge in [-0.05, 0) is 51.0 Å². The Balaban J connectivity index is 1.39. The van der Waals surface area contributed by atoms with Crippen LogP contribution in [0.4, 0.5) is 14.6 Å². The third kappa shape index (κ3) is 8.85. The van der Waals surface area contributed by atoms with Crippen LogP contribution < -0.4 is 20.3 Å². The van der Waals surface area contributed by atoms with Gasteiger partial charge in [-0.1, -0.05) is 20.8 Å². The molecule has 1 saturated heterocycles. The number of ether oxygens (including phenoxy) is 2. The molecule has 16 heteroatoms. The van der Waals surface area contributed by atoms with Crippen molar-refractivity contribution in [1.82, 2.24) is 29.3 Å². The number of piperazine rings is 1. The summed E-state index contributed by atoms with van der Waals surface area (Å²) in [6.45, 7) is 17.8. The molecule has 13 nitrogen and oxygen atoms in total. The van der Waals surface area contributed by atoms with E-state index in [4.69, 9.17) is 13.9 Å². The van der Waals surface area contributed by atoms with E-state index in [-0.39, 0.29) is 52.4 Å². The molecule has 0 aliphatic carbocycles. The van der Waals surface area contributed by atoms with Crippen molar-refractivity contribution in [2.45, 2.75) is 77.8 Å². The molecule has 2 amide bonds. The van der Waals surface area contributed by atoms with Crippen molar-refractivity contribution < 1.29 is 32.3 Å². The Bertz CT molecular complexity index is 1730. The number of benzene rings is 1. The van der Waals surface area contributed by atoms with E-state index in [0.29, 0.717) is 32.3 Å². The van der Waals surface area contributed by atoms with Crippen LogP contribution in [0.3, 0.4) is 0 Å². The molecule has 1 aromatic carbocycles. The minimum Gasteiger partial charge on any atom is -0.477 e. The quantitative estimate of drug-likeness (QED) is 0.280. The molecule has 3 aromatic rings. The van der Waals surface area contributed by atoms with Gasteiger partial charge in [0.1, 0.15) is 11.5 Å². The molecule has 0 radical (unpaired) electrons. The second kappa shape index (κ2) is 14.7. The molecule has 1 N–H and O–H groups in total. The summed E-state index contributed by atoms with van der Waals surface area (Å²) in [5.41, 5.74) is -1.08. The van der Waals surface area contributed by atoms with E-state index in [1.54, 1.807) is 11.8 Å². The first-order chi connectivity index (χ1) is 22.8. The van der Waals surface area contributed by atoms with Gasteiger partial charge >= 0.3 is 5.56 Å². The molecule has 0 bridgehead atoms. The first-order valence-corrected chi connectivity index (χ1v) is 18.8. The number of methoxy groups -OCH3 is 1. The summed E-state index contributed by atoms with van der Waals surface area (Å²) in [6.07, 6.45) is 3.93. The summed E-state index contributed by atoms with van der Waals surface area (Å²) in [5.74, 6) is -2.62. The summed E-state index contributed by atoms with van der Waals surface area (Å²) in [6, 6.07) is 2.29. The van der Waals surface area contributed by atoms with Crippen molar-refractivity contribution in [1.29, 1.82) is 0 Å². The molecule has 266 valence electrons. The number of hydrogen-bond donors (Lipinski definition) is 1. The Morgan fingerprint density at radius 1 is 1.12 bits per heavy atom. The third-order valence-electron chi connectivity index (χ3n) is 9.05. The van der Waals surface area contributed by atoms with Gasteiger partial charge in [-0.25, -0.2) is 23.7 Å². The Morgan fingerprint density at radius 3 is 2.43 bits per heavy atom. The molecule has 2 aromatic heterocycles. The lowest BCUT2D eigenvalue weighted by Crippen LogP contribution is -2.63. The minimum absolute atomic E-state index is 0.00595. The highest BCUT2D eigenvalue weighted by molar-refractivity contribution is 6.74. The number of amides is 2. The first-order valence-electron chi connectivity index (χ1n) is 15.9. The van der Waals surface area contributed by atoms with Crippen molar-refractivity contribution in [3.8, 4) is 17.5 Å². The average Bonchev–Trinajstić information content (AvgIpc) is 3.02. The largest absolute Gasteiger partial charge is 0.477 e. The molecule has 0 saturated carbocycles. The fourth-order valence-corrected chi connectivity index (χ4v) is 6.11. The van der Waals surface area contributed by atoms with Gasteiger partial charge in [0, 0.05) is 38.4 Å². The predicted octanol–water partition coefficient (Wildman–Crippen LogP) is 4.70. The molecule has 0 spiro atoms. The van der Waals surface area contributed by atoms with Crippen LogP contribution in [0.2, 0.25) is 18.1 Å². The zero-order valence-electron chi connectivity index (χ0n) is 29.5. The molecular formula is C33H45F2N7O6Si. The number of aromatic nitrogens is 4. The third-order valence-corrected chi connectivity index (χ3v) is 13.6. The SMILES string of the molecule is COc1nc(C(=O)N2CCN([C@@H](C)C(=O)Nc3cnc(Oc4ccc(F)cc4F)cn3)CC2(C)C)cn(CCO[Si](C)(C)C(C)(C)C)c1=O.